The predicted molar refractivity (Wildman–Crippen MR) is 68.0 cm³/mol. The zero-order chi connectivity index (χ0) is 11.5. The number of thiophene rings is 1. The summed E-state index contributed by atoms with van der Waals surface area (Å²) in [6, 6.07) is 4.01. The zero-order valence-electron chi connectivity index (χ0n) is 9.11. The summed E-state index contributed by atoms with van der Waals surface area (Å²) in [7, 11) is 0. The standard InChI is InChI=1S/C11H14BrNO2S/c1-2-8-7-15-6-5-13(8)11(14)9-3-4-10(12)16-9/h3-4,8H,2,5-7H2,1H3. The van der Waals surface area contributed by atoms with Crippen molar-refractivity contribution in [2.75, 3.05) is 19.8 Å². The summed E-state index contributed by atoms with van der Waals surface area (Å²) in [6.45, 7) is 4.10. The normalized spacial score (nSPS) is 21.1. The molecule has 1 fully saturated rings. The monoisotopic (exact) mass is 303 g/mol. The van der Waals surface area contributed by atoms with Gasteiger partial charge >= 0.3 is 0 Å². The van der Waals surface area contributed by atoms with Crippen molar-refractivity contribution in [2.45, 2.75) is 19.4 Å². The first-order valence-electron chi connectivity index (χ1n) is 5.36. The van der Waals surface area contributed by atoms with E-state index in [9.17, 15) is 4.79 Å². The van der Waals surface area contributed by atoms with Crippen molar-refractivity contribution < 1.29 is 9.53 Å². The fourth-order valence-electron chi connectivity index (χ4n) is 1.83. The van der Waals surface area contributed by atoms with E-state index in [1.807, 2.05) is 17.0 Å². The second kappa shape index (κ2) is 5.29. The molecule has 88 valence electrons. The van der Waals surface area contributed by atoms with Crippen LogP contribution in [0.25, 0.3) is 0 Å². The Morgan fingerprint density at radius 2 is 2.50 bits per heavy atom. The number of nitrogens with zero attached hydrogens (tertiary/aromatic N) is 1. The molecule has 1 saturated heterocycles. The third-order valence-corrected chi connectivity index (χ3v) is 4.36. The van der Waals surface area contributed by atoms with Crippen molar-refractivity contribution in [3.8, 4) is 0 Å². The minimum Gasteiger partial charge on any atom is -0.377 e. The number of carbonyl (C=O) groups excluding carboxylic acids is 1. The fourth-order valence-corrected chi connectivity index (χ4v) is 3.17. The number of rotatable bonds is 2. The van der Waals surface area contributed by atoms with Gasteiger partial charge in [0.05, 0.1) is 27.9 Å². The smallest absolute Gasteiger partial charge is 0.264 e. The first kappa shape index (κ1) is 12.1. The molecule has 0 spiro atoms. The average molecular weight is 304 g/mol. The molecule has 1 atom stereocenters. The van der Waals surface area contributed by atoms with Crippen LogP contribution in [0, 0.1) is 0 Å². The number of amides is 1. The number of halogens is 1. The molecule has 0 radical (unpaired) electrons. The van der Waals surface area contributed by atoms with Crippen LogP contribution in [0.3, 0.4) is 0 Å². The molecule has 0 N–H and O–H groups in total. The van der Waals surface area contributed by atoms with E-state index < -0.39 is 0 Å². The quantitative estimate of drug-likeness (QED) is 0.841. The summed E-state index contributed by atoms with van der Waals surface area (Å²) in [4.78, 5) is 15.0. The molecule has 0 aromatic carbocycles. The highest BCUT2D eigenvalue weighted by Crippen LogP contribution is 2.25. The third-order valence-electron chi connectivity index (χ3n) is 2.74. The summed E-state index contributed by atoms with van der Waals surface area (Å²) in [5.74, 6) is 0.130. The van der Waals surface area contributed by atoms with Crippen LogP contribution in [0.15, 0.2) is 15.9 Å². The van der Waals surface area contributed by atoms with Crippen molar-refractivity contribution in [3.05, 3.63) is 20.8 Å². The Morgan fingerprint density at radius 1 is 1.69 bits per heavy atom. The van der Waals surface area contributed by atoms with Gasteiger partial charge in [0.2, 0.25) is 0 Å². The molecule has 0 saturated carbocycles. The van der Waals surface area contributed by atoms with Crippen LogP contribution in [0.4, 0.5) is 0 Å². The average Bonchev–Trinajstić information content (AvgIpc) is 2.75. The second-order valence-corrected chi connectivity index (χ2v) is 6.20. The maximum atomic E-state index is 12.2. The molecule has 1 aliphatic heterocycles. The lowest BCUT2D eigenvalue weighted by Crippen LogP contribution is -2.48. The Morgan fingerprint density at radius 3 is 3.12 bits per heavy atom. The van der Waals surface area contributed by atoms with Gasteiger partial charge in [-0.15, -0.1) is 11.3 Å². The highest BCUT2D eigenvalue weighted by atomic mass is 79.9. The van der Waals surface area contributed by atoms with Gasteiger partial charge in [-0.1, -0.05) is 6.92 Å². The van der Waals surface area contributed by atoms with Crippen LogP contribution < -0.4 is 0 Å². The highest BCUT2D eigenvalue weighted by Gasteiger charge is 2.27. The van der Waals surface area contributed by atoms with Crippen molar-refractivity contribution in [3.63, 3.8) is 0 Å². The molecule has 1 aromatic heterocycles. The van der Waals surface area contributed by atoms with E-state index >= 15 is 0 Å². The Kier molecular flexibility index (Phi) is 4.00. The number of ether oxygens (including phenoxy) is 1. The predicted octanol–water partition coefficient (Wildman–Crippen LogP) is 2.76. The van der Waals surface area contributed by atoms with Crippen molar-refractivity contribution in [1.29, 1.82) is 0 Å². The molecule has 1 amide bonds. The summed E-state index contributed by atoms with van der Waals surface area (Å²) in [5.41, 5.74) is 0. The van der Waals surface area contributed by atoms with Crippen molar-refractivity contribution in [1.82, 2.24) is 4.90 Å². The second-order valence-electron chi connectivity index (χ2n) is 3.74. The van der Waals surface area contributed by atoms with E-state index in [1.165, 1.54) is 11.3 Å². The van der Waals surface area contributed by atoms with Crippen LogP contribution in [0.1, 0.15) is 23.0 Å². The Balaban J connectivity index is 2.13. The minimum atomic E-state index is 0.130. The highest BCUT2D eigenvalue weighted by molar-refractivity contribution is 9.11. The maximum Gasteiger partial charge on any atom is 0.264 e. The van der Waals surface area contributed by atoms with Crippen molar-refractivity contribution >= 4 is 33.2 Å². The Labute approximate surface area is 108 Å². The molecule has 1 aromatic rings. The molecule has 2 rings (SSSR count). The lowest BCUT2D eigenvalue weighted by molar-refractivity contribution is -0.00253. The molecule has 2 heterocycles. The van der Waals surface area contributed by atoms with E-state index in [0.717, 1.165) is 15.1 Å². The molecule has 0 aliphatic carbocycles. The van der Waals surface area contributed by atoms with E-state index in [1.54, 1.807) is 0 Å². The number of hydrogen-bond donors (Lipinski definition) is 0. The van der Waals surface area contributed by atoms with E-state index in [0.29, 0.717) is 19.8 Å². The SMILES string of the molecule is CCC1COCCN1C(=O)c1ccc(Br)s1. The van der Waals surface area contributed by atoms with Gasteiger partial charge < -0.3 is 9.64 Å². The van der Waals surface area contributed by atoms with Crippen LogP contribution in [0.2, 0.25) is 0 Å². The molecule has 3 nitrogen and oxygen atoms in total. The zero-order valence-corrected chi connectivity index (χ0v) is 11.5. The summed E-state index contributed by atoms with van der Waals surface area (Å²) >= 11 is 4.87. The first-order chi connectivity index (χ1) is 7.72. The lowest BCUT2D eigenvalue weighted by Gasteiger charge is -2.34. The van der Waals surface area contributed by atoms with Gasteiger partial charge in [0, 0.05) is 6.54 Å². The van der Waals surface area contributed by atoms with Crippen LogP contribution >= 0.6 is 27.3 Å². The van der Waals surface area contributed by atoms with Gasteiger partial charge in [0.1, 0.15) is 0 Å². The van der Waals surface area contributed by atoms with Crippen LogP contribution in [-0.2, 0) is 4.74 Å². The fraction of sp³-hybridized carbons (Fsp3) is 0.545. The van der Waals surface area contributed by atoms with E-state index in [-0.39, 0.29) is 11.9 Å². The van der Waals surface area contributed by atoms with Gasteiger partial charge in [-0.2, -0.15) is 0 Å². The van der Waals surface area contributed by atoms with Crippen LogP contribution in [-0.4, -0.2) is 36.6 Å². The number of hydrogen-bond acceptors (Lipinski definition) is 3. The third kappa shape index (κ3) is 2.47. The van der Waals surface area contributed by atoms with Gasteiger partial charge in [-0.25, -0.2) is 0 Å². The maximum absolute atomic E-state index is 12.2. The summed E-state index contributed by atoms with van der Waals surface area (Å²) < 4.78 is 6.39. The van der Waals surface area contributed by atoms with Gasteiger partial charge in [0.15, 0.2) is 0 Å². The molecule has 1 aliphatic rings. The molecule has 1 unspecified atom stereocenters. The van der Waals surface area contributed by atoms with Gasteiger partial charge in [-0.3, -0.25) is 4.79 Å². The van der Waals surface area contributed by atoms with E-state index in [4.69, 9.17) is 4.74 Å². The number of morpholine rings is 1. The topological polar surface area (TPSA) is 29.5 Å². The molecule has 5 heteroatoms. The van der Waals surface area contributed by atoms with E-state index in [2.05, 4.69) is 22.9 Å². The first-order valence-corrected chi connectivity index (χ1v) is 6.97. The van der Waals surface area contributed by atoms with Gasteiger partial charge in [-0.05, 0) is 34.5 Å². The molecule has 16 heavy (non-hydrogen) atoms. The molecular weight excluding hydrogens is 290 g/mol. The Bertz CT molecular complexity index is 380. The Hall–Kier alpha value is -0.390. The summed E-state index contributed by atoms with van der Waals surface area (Å²) in [6.07, 6.45) is 0.943. The van der Waals surface area contributed by atoms with Gasteiger partial charge in [0.25, 0.3) is 5.91 Å². The molecular formula is C11H14BrNO2S. The van der Waals surface area contributed by atoms with Crippen LogP contribution in [0.5, 0.6) is 0 Å². The molecule has 0 bridgehead atoms. The van der Waals surface area contributed by atoms with Crippen molar-refractivity contribution in [2.24, 2.45) is 0 Å². The lowest BCUT2D eigenvalue weighted by atomic mass is 10.1. The minimum absolute atomic E-state index is 0.130. The largest absolute Gasteiger partial charge is 0.377 e. The summed E-state index contributed by atoms with van der Waals surface area (Å²) in [5, 5.41) is 0. The number of carbonyl (C=O) groups is 1.